The van der Waals surface area contributed by atoms with Crippen LogP contribution in [0.2, 0.25) is 0 Å². The number of nitrogens with one attached hydrogen (secondary N) is 1. The van der Waals surface area contributed by atoms with Gasteiger partial charge in [-0.1, -0.05) is 0 Å². The van der Waals surface area contributed by atoms with Crippen LogP contribution < -0.4 is 5.32 Å². The van der Waals surface area contributed by atoms with Gasteiger partial charge in [-0.3, -0.25) is 14.6 Å². The number of pyridine rings is 1. The number of ketones is 1. The summed E-state index contributed by atoms with van der Waals surface area (Å²) in [4.78, 5) is 27.2. The SMILES string of the molecule is CC(=O)c1ccc(CNC(=O)c2cc(F)c(F)c(F)c2F)nc1C. The molecule has 0 aliphatic heterocycles. The minimum atomic E-state index is -2.06. The third kappa shape index (κ3) is 3.42. The van der Waals surface area contributed by atoms with Crippen LogP contribution in [0.15, 0.2) is 18.2 Å². The van der Waals surface area contributed by atoms with E-state index in [0.29, 0.717) is 17.0 Å². The highest BCUT2D eigenvalue weighted by atomic mass is 19.2. The average Bonchev–Trinajstić information content (AvgIpc) is 2.53. The van der Waals surface area contributed by atoms with Gasteiger partial charge in [-0.25, -0.2) is 17.6 Å². The molecule has 1 aromatic carbocycles. The van der Waals surface area contributed by atoms with Gasteiger partial charge < -0.3 is 5.32 Å². The van der Waals surface area contributed by atoms with Crippen LogP contribution in [0.5, 0.6) is 0 Å². The van der Waals surface area contributed by atoms with Crippen molar-refractivity contribution >= 4 is 11.7 Å². The van der Waals surface area contributed by atoms with Crippen LogP contribution in [-0.2, 0) is 6.54 Å². The lowest BCUT2D eigenvalue weighted by Crippen LogP contribution is -2.25. The predicted molar refractivity (Wildman–Crippen MR) is 76.4 cm³/mol. The van der Waals surface area contributed by atoms with Gasteiger partial charge in [0.05, 0.1) is 17.8 Å². The zero-order chi connectivity index (χ0) is 18.0. The minimum absolute atomic E-state index is 0.169. The molecule has 1 N–H and O–H groups in total. The number of aromatic nitrogens is 1. The Hall–Kier alpha value is -2.77. The maximum atomic E-state index is 13.5. The number of hydrogen-bond donors (Lipinski definition) is 1. The Labute approximate surface area is 134 Å². The van der Waals surface area contributed by atoms with Crippen LogP contribution in [0.25, 0.3) is 0 Å². The normalized spacial score (nSPS) is 10.6. The first-order chi connectivity index (χ1) is 11.2. The summed E-state index contributed by atoms with van der Waals surface area (Å²) in [6.07, 6.45) is 0. The molecule has 1 amide bonds. The fraction of sp³-hybridized carbons (Fsp3) is 0.188. The van der Waals surface area contributed by atoms with E-state index in [9.17, 15) is 27.2 Å². The van der Waals surface area contributed by atoms with Gasteiger partial charge in [0.15, 0.2) is 29.1 Å². The van der Waals surface area contributed by atoms with E-state index in [4.69, 9.17) is 0 Å². The summed E-state index contributed by atoms with van der Waals surface area (Å²) in [7, 11) is 0. The predicted octanol–water partition coefficient (Wildman–Crippen LogP) is 3.08. The fourth-order valence-electron chi connectivity index (χ4n) is 2.09. The van der Waals surface area contributed by atoms with Crippen LogP contribution in [0.3, 0.4) is 0 Å². The molecule has 2 rings (SSSR count). The van der Waals surface area contributed by atoms with Crippen molar-refractivity contribution in [2.45, 2.75) is 20.4 Å². The molecule has 0 fully saturated rings. The maximum Gasteiger partial charge on any atom is 0.254 e. The highest BCUT2D eigenvalue weighted by Crippen LogP contribution is 2.18. The Bertz CT molecular complexity index is 837. The van der Waals surface area contributed by atoms with Crippen molar-refractivity contribution in [1.29, 1.82) is 0 Å². The quantitative estimate of drug-likeness (QED) is 0.403. The molecule has 1 heterocycles. The van der Waals surface area contributed by atoms with E-state index < -0.39 is 34.7 Å². The number of rotatable bonds is 4. The first kappa shape index (κ1) is 17.6. The fourth-order valence-corrected chi connectivity index (χ4v) is 2.09. The van der Waals surface area contributed by atoms with Gasteiger partial charge in [-0.2, -0.15) is 0 Å². The molecule has 0 unspecified atom stereocenters. The van der Waals surface area contributed by atoms with E-state index in [1.165, 1.54) is 19.1 Å². The largest absolute Gasteiger partial charge is 0.346 e. The minimum Gasteiger partial charge on any atom is -0.346 e. The van der Waals surface area contributed by atoms with Gasteiger partial charge >= 0.3 is 0 Å². The number of hydrogen-bond acceptors (Lipinski definition) is 3. The lowest BCUT2D eigenvalue weighted by atomic mass is 10.1. The molecule has 0 spiro atoms. The van der Waals surface area contributed by atoms with E-state index in [-0.39, 0.29) is 18.4 Å². The number of benzene rings is 1. The van der Waals surface area contributed by atoms with Crippen LogP contribution in [0, 0.1) is 30.2 Å². The number of carbonyl (C=O) groups is 2. The van der Waals surface area contributed by atoms with Gasteiger partial charge in [-0.15, -0.1) is 0 Å². The van der Waals surface area contributed by atoms with Gasteiger partial charge in [0.25, 0.3) is 5.91 Å². The zero-order valence-electron chi connectivity index (χ0n) is 12.7. The van der Waals surface area contributed by atoms with E-state index in [2.05, 4.69) is 10.3 Å². The van der Waals surface area contributed by atoms with E-state index in [0.717, 1.165) is 0 Å². The van der Waals surface area contributed by atoms with Crippen molar-refractivity contribution in [3.8, 4) is 0 Å². The molecular weight excluding hydrogens is 328 g/mol. The van der Waals surface area contributed by atoms with Crippen molar-refractivity contribution < 1.29 is 27.2 Å². The van der Waals surface area contributed by atoms with Crippen LogP contribution in [0.4, 0.5) is 17.6 Å². The van der Waals surface area contributed by atoms with Crippen molar-refractivity contribution in [1.82, 2.24) is 10.3 Å². The molecule has 2 aromatic rings. The zero-order valence-corrected chi connectivity index (χ0v) is 12.7. The molecule has 0 aliphatic rings. The summed E-state index contributed by atoms with van der Waals surface area (Å²) in [6, 6.07) is 3.27. The molecule has 4 nitrogen and oxygen atoms in total. The van der Waals surface area contributed by atoms with E-state index in [1.807, 2.05) is 0 Å². The van der Waals surface area contributed by atoms with Crippen LogP contribution in [-0.4, -0.2) is 16.7 Å². The summed E-state index contributed by atoms with van der Waals surface area (Å²) in [5.41, 5.74) is 0.260. The Kier molecular flexibility index (Phi) is 4.96. The molecule has 0 bridgehead atoms. The number of carbonyl (C=O) groups excluding carboxylic acids is 2. The van der Waals surface area contributed by atoms with E-state index >= 15 is 0 Å². The molecule has 1 aromatic heterocycles. The Morgan fingerprint density at radius 3 is 2.29 bits per heavy atom. The summed E-state index contributed by atoms with van der Waals surface area (Å²) < 4.78 is 52.6. The number of halogens is 4. The number of nitrogens with zero attached hydrogens (tertiary/aromatic N) is 1. The van der Waals surface area contributed by atoms with Crippen molar-refractivity contribution in [2.24, 2.45) is 0 Å². The van der Waals surface area contributed by atoms with Crippen molar-refractivity contribution in [3.05, 3.63) is 64.0 Å². The molecule has 126 valence electrons. The smallest absolute Gasteiger partial charge is 0.254 e. The third-order valence-corrected chi connectivity index (χ3v) is 3.30. The lowest BCUT2D eigenvalue weighted by Gasteiger charge is -2.09. The summed E-state index contributed by atoms with van der Waals surface area (Å²) >= 11 is 0. The molecule has 8 heteroatoms. The topological polar surface area (TPSA) is 59.1 Å². The molecule has 0 saturated heterocycles. The van der Waals surface area contributed by atoms with Crippen molar-refractivity contribution in [3.63, 3.8) is 0 Å². The van der Waals surface area contributed by atoms with Crippen LogP contribution in [0.1, 0.15) is 39.0 Å². The van der Waals surface area contributed by atoms with Crippen molar-refractivity contribution in [2.75, 3.05) is 0 Å². The maximum absolute atomic E-state index is 13.5. The number of amides is 1. The second-order valence-electron chi connectivity index (χ2n) is 5.02. The average molecular weight is 340 g/mol. The Morgan fingerprint density at radius 2 is 1.71 bits per heavy atom. The Morgan fingerprint density at radius 1 is 1.04 bits per heavy atom. The van der Waals surface area contributed by atoms with E-state index in [1.54, 1.807) is 6.92 Å². The van der Waals surface area contributed by atoms with Gasteiger partial charge in [-0.05, 0) is 32.0 Å². The van der Waals surface area contributed by atoms with Gasteiger partial charge in [0.2, 0.25) is 0 Å². The van der Waals surface area contributed by atoms with Crippen LogP contribution >= 0.6 is 0 Å². The second-order valence-corrected chi connectivity index (χ2v) is 5.02. The van der Waals surface area contributed by atoms with Gasteiger partial charge in [0, 0.05) is 11.3 Å². The highest BCUT2D eigenvalue weighted by molar-refractivity contribution is 5.95. The molecule has 24 heavy (non-hydrogen) atoms. The molecule has 0 atom stereocenters. The monoisotopic (exact) mass is 340 g/mol. The highest BCUT2D eigenvalue weighted by Gasteiger charge is 2.23. The first-order valence-electron chi connectivity index (χ1n) is 6.81. The summed E-state index contributed by atoms with van der Waals surface area (Å²) in [5.74, 6) is -8.78. The number of aryl methyl sites for hydroxylation is 1. The second kappa shape index (κ2) is 6.77. The first-order valence-corrected chi connectivity index (χ1v) is 6.81. The number of Topliss-reactive ketones (excluding diaryl/α,β-unsaturated/α-hetero) is 1. The Balaban J connectivity index is 2.17. The molecular formula is C16H12F4N2O2. The summed E-state index contributed by atoms with van der Waals surface area (Å²) in [6.45, 7) is 2.82. The third-order valence-electron chi connectivity index (χ3n) is 3.30. The molecule has 0 saturated carbocycles. The standard InChI is InChI=1S/C16H12F4N2O2/c1-7-10(8(2)23)4-3-9(22-7)6-21-16(24)11-5-12(17)14(19)15(20)13(11)18/h3-5H,6H2,1-2H3,(H,21,24). The lowest BCUT2D eigenvalue weighted by molar-refractivity contribution is 0.0943. The summed E-state index contributed by atoms with van der Waals surface area (Å²) in [5, 5.41) is 2.22. The van der Waals surface area contributed by atoms with Gasteiger partial charge in [0.1, 0.15) is 0 Å². The molecule has 0 radical (unpaired) electrons. The molecule has 0 aliphatic carbocycles.